The first-order chi connectivity index (χ1) is 15.4. The summed E-state index contributed by atoms with van der Waals surface area (Å²) in [6.45, 7) is 1.94. The quantitative estimate of drug-likeness (QED) is 0.326. The summed E-state index contributed by atoms with van der Waals surface area (Å²) in [7, 11) is 0. The fourth-order valence-electron chi connectivity index (χ4n) is 2.96. The zero-order valence-corrected chi connectivity index (χ0v) is 19.6. The van der Waals surface area contributed by atoms with Crippen LogP contribution in [-0.4, -0.2) is 28.1 Å². The molecule has 8 heteroatoms. The number of thioether (sulfide) groups is 1. The van der Waals surface area contributed by atoms with Crippen molar-refractivity contribution in [3.8, 4) is 0 Å². The highest BCUT2D eigenvalue weighted by molar-refractivity contribution is 9.10. The third kappa shape index (κ3) is 6.21. The number of carboxylic acids is 1. The fourth-order valence-corrected chi connectivity index (χ4v) is 4.23. The van der Waals surface area contributed by atoms with Crippen LogP contribution in [0.15, 0.2) is 82.2 Å². The van der Waals surface area contributed by atoms with Gasteiger partial charge in [-0.1, -0.05) is 41.1 Å². The Kier molecular flexibility index (Phi) is 8.08. The Morgan fingerprint density at radius 3 is 2.25 bits per heavy atom. The standard InChI is InChI=1S/C24H21BrN2O4S/c1-2-21(23(29)26-16-12-10-15(25)11-13-16)32-18-7-5-6-17(14-18)27-22(28)19-8-3-4-9-20(19)24(30)31/h3-14,21H,2H2,1H3,(H,26,29)(H,27,28)(H,30,31). The van der Waals surface area contributed by atoms with Crippen LogP contribution in [0.3, 0.4) is 0 Å². The first kappa shape index (κ1) is 23.6. The molecule has 3 rings (SSSR count). The number of benzene rings is 3. The van der Waals surface area contributed by atoms with E-state index in [4.69, 9.17) is 0 Å². The number of carboxylic acid groups (broad SMARTS) is 1. The monoisotopic (exact) mass is 512 g/mol. The Morgan fingerprint density at radius 1 is 0.906 bits per heavy atom. The molecule has 1 atom stereocenters. The number of amides is 2. The molecule has 3 N–H and O–H groups in total. The molecule has 0 radical (unpaired) electrons. The molecule has 6 nitrogen and oxygen atoms in total. The van der Waals surface area contributed by atoms with Crippen molar-refractivity contribution in [2.75, 3.05) is 10.6 Å². The number of aromatic carboxylic acids is 1. The van der Waals surface area contributed by atoms with Gasteiger partial charge in [-0.15, -0.1) is 11.8 Å². The van der Waals surface area contributed by atoms with E-state index in [0.717, 1.165) is 15.1 Å². The molecule has 0 spiro atoms. The van der Waals surface area contributed by atoms with Gasteiger partial charge in [-0.2, -0.15) is 0 Å². The molecule has 0 bridgehead atoms. The molecule has 164 valence electrons. The van der Waals surface area contributed by atoms with Gasteiger partial charge < -0.3 is 15.7 Å². The van der Waals surface area contributed by atoms with E-state index in [1.54, 1.807) is 30.3 Å². The van der Waals surface area contributed by atoms with Crippen LogP contribution in [0.4, 0.5) is 11.4 Å². The number of carbonyl (C=O) groups excluding carboxylic acids is 2. The summed E-state index contributed by atoms with van der Waals surface area (Å²) >= 11 is 4.77. The Morgan fingerprint density at radius 2 is 1.59 bits per heavy atom. The van der Waals surface area contributed by atoms with Crippen molar-refractivity contribution >= 4 is 56.9 Å². The van der Waals surface area contributed by atoms with Gasteiger partial charge in [0.1, 0.15) is 0 Å². The van der Waals surface area contributed by atoms with Crippen molar-refractivity contribution in [3.63, 3.8) is 0 Å². The molecule has 0 aliphatic carbocycles. The third-order valence-corrected chi connectivity index (χ3v) is 6.43. The number of rotatable bonds is 8. The van der Waals surface area contributed by atoms with Crippen molar-refractivity contribution in [2.45, 2.75) is 23.5 Å². The van der Waals surface area contributed by atoms with Gasteiger partial charge in [0.15, 0.2) is 0 Å². The number of nitrogens with one attached hydrogen (secondary N) is 2. The van der Waals surface area contributed by atoms with Crippen LogP contribution in [0.5, 0.6) is 0 Å². The van der Waals surface area contributed by atoms with Gasteiger partial charge in [-0.25, -0.2) is 4.79 Å². The molecule has 0 heterocycles. The lowest BCUT2D eigenvalue weighted by Gasteiger charge is -2.15. The summed E-state index contributed by atoms with van der Waals surface area (Å²) in [5.74, 6) is -1.78. The van der Waals surface area contributed by atoms with Crippen LogP contribution in [0.1, 0.15) is 34.1 Å². The summed E-state index contributed by atoms with van der Waals surface area (Å²) in [4.78, 5) is 37.5. The normalized spacial score (nSPS) is 11.4. The molecule has 0 saturated carbocycles. The zero-order valence-electron chi connectivity index (χ0n) is 17.2. The SMILES string of the molecule is CCC(Sc1cccc(NC(=O)c2ccccc2C(=O)O)c1)C(=O)Nc1ccc(Br)cc1. The third-order valence-electron chi connectivity index (χ3n) is 4.55. The summed E-state index contributed by atoms with van der Waals surface area (Å²) in [6.07, 6.45) is 0.621. The largest absolute Gasteiger partial charge is 0.478 e. The second-order valence-electron chi connectivity index (χ2n) is 6.84. The first-order valence-electron chi connectivity index (χ1n) is 9.84. The molecule has 3 aromatic carbocycles. The van der Waals surface area contributed by atoms with Crippen molar-refractivity contribution in [1.29, 1.82) is 0 Å². The molecule has 2 amide bonds. The highest BCUT2D eigenvalue weighted by Gasteiger charge is 2.19. The van der Waals surface area contributed by atoms with E-state index in [2.05, 4.69) is 26.6 Å². The average molecular weight is 513 g/mol. The molecule has 32 heavy (non-hydrogen) atoms. The lowest BCUT2D eigenvalue weighted by atomic mass is 10.1. The Bertz CT molecular complexity index is 1130. The number of hydrogen-bond donors (Lipinski definition) is 3. The van der Waals surface area contributed by atoms with Gasteiger partial charge in [-0.3, -0.25) is 9.59 Å². The maximum Gasteiger partial charge on any atom is 0.336 e. The van der Waals surface area contributed by atoms with E-state index in [0.29, 0.717) is 12.1 Å². The molecule has 0 aliphatic rings. The molecule has 1 unspecified atom stereocenters. The Labute approximate surface area is 198 Å². The molecular weight excluding hydrogens is 492 g/mol. The first-order valence-corrected chi connectivity index (χ1v) is 11.5. The zero-order chi connectivity index (χ0) is 23.1. The van der Waals surface area contributed by atoms with Crippen LogP contribution in [0, 0.1) is 0 Å². The van der Waals surface area contributed by atoms with Crippen molar-refractivity contribution < 1.29 is 19.5 Å². The lowest BCUT2D eigenvalue weighted by molar-refractivity contribution is -0.115. The lowest BCUT2D eigenvalue weighted by Crippen LogP contribution is -2.24. The fraction of sp³-hybridized carbons (Fsp3) is 0.125. The molecule has 0 aliphatic heterocycles. The molecule has 0 aromatic heterocycles. The minimum absolute atomic E-state index is 0.0637. The maximum absolute atomic E-state index is 12.7. The number of halogens is 1. The van der Waals surface area contributed by atoms with E-state index < -0.39 is 11.9 Å². The van der Waals surface area contributed by atoms with Crippen molar-refractivity contribution in [1.82, 2.24) is 0 Å². The van der Waals surface area contributed by atoms with Crippen LogP contribution < -0.4 is 10.6 Å². The van der Waals surface area contributed by atoms with Gasteiger partial charge in [0.2, 0.25) is 5.91 Å². The second-order valence-corrected chi connectivity index (χ2v) is 9.04. The predicted octanol–water partition coefficient (Wildman–Crippen LogP) is 5.91. The van der Waals surface area contributed by atoms with E-state index in [1.807, 2.05) is 37.3 Å². The smallest absolute Gasteiger partial charge is 0.336 e. The van der Waals surface area contributed by atoms with Crippen molar-refractivity contribution in [2.24, 2.45) is 0 Å². The number of carbonyl (C=O) groups is 3. The minimum Gasteiger partial charge on any atom is -0.478 e. The minimum atomic E-state index is -1.16. The van der Waals surface area contributed by atoms with Gasteiger partial charge in [0.05, 0.1) is 16.4 Å². The van der Waals surface area contributed by atoms with E-state index in [-0.39, 0.29) is 22.3 Å². The van der Waals surface area contributed by atoms with Crippen LogP contribution >= 0.6 is 27.7 Å². The summed E-state index contributed by atoms with van der Waals surface area (Å²) < 4.78 is 0.932. The average Bonchev–Trinajstić information content (AvgIpc) is 2.79. The van der Waals surface area contributed by atoms with E-state index >= 15 is 0 Å². The van der Waals surface area contributed by atoms with Gasteiger partial charge in [-0.05, 0) is 61.0 Å². The molecule has 3 aromatic rings. The Hall–Kier alpha value is -3.10. The predicted molar refractivity (Wildman–Crippen MR) is 131 cm³/mol. The summed E-state index contributed by atoms with van der Waals surface area (Å²) in [5, 5.41) is 14.6. The van der Waals surface area contributed by atoms with Gasteiger partial charge >= 0.3 is 5.97 Å². The number of anilines is 2. The molecular formula is C24H21BrN2O4S. The molecule has 0 fully saturated rings. The van der Waals surface area contributed by atoms with Crippen LogP contribution in [0.25, 0.3) is 0 Å². The van der Waals surface area contributed by atoms with Gasteiger partial charge in [0, 0.05) is 20.7 Å². The second kappa shape index (κ2) is 11.0. The highest BCUT2D eigenvalue weighted by atomic mass is 79.9. The summed E-state index contributed by atoms with van der Waals surface area (Å²) in [6, 6.07) is 20.5. The van der Waals surface area contributed by atoms with Crippen molar-refractivity contribution in [3.05, 3.63) is 88.4 Å². The number of hydrogen-bond acceptors (Lipinski definition) is 4. The van der Waals surface area contributed by atoms with Crippen LogP contribution in [-0.2, 0) is 4.79 Å². The van der Waals surface area contributed by atoms with E-state index in [9.17, 15) is 19.5 Å². The molecule has 0 saturated heterocycles. The van der Waals surface area contributed by atoms with E-state index in [1.165, 1.54) is 23.9 Å². The van der Waals surface area contributed by atoms with Crippen LogP contribution in [0.2, 0.25) is 0 Å². The summed E-state index contributed by atoms with van der Waals surface area (Å²) in [5.41, 5.74) is 1.25. The Balaban J connectivity index is 1.69. The van der Waals surface area contributed by atoms with Gasteiger partial charge in [0.25, 0.3) is 5.91 Å². The topological polar surface area (TPSA) is 95.5 Å². The highest BCUT2D eigenvalue weighted by Crippen LogP contribution is 2.29. The maximum atomic E-state index is 12.7.